The molecular weight excluding hydrogens is 240 g/mol. The van der Waals surface area contributed by atoms with Crippen LogP contribution in [0.3, 0.4) is 0 Å². The van der Waals surface area contributed by atoms with Crippen molar-refractivity contribution in [2.24, 2.45) is 0 Å². The smallest absolute Gasteiger partial charge is 0.196 e. The summed E-state index contributed by atoms with van der Waals surface area (Å²) >= 11 is 17.1. The lowest BCUT2D eigenvalue weighted by Crippen LogP contribution is -2.06. The van der Waals surface area contributed by atoms with Crippen LogP contribution >= 0.6 is 34.8 Å². The fourth-order valence-electron chi connectivity index (χ4n) is 1.44. The Morgan fingerprint density at radius 3 is 2.50 bits per heavy atom. The highest BCUT2D eigenvalue weighted by Gasteiger charge is 2.20. The Morgan fingerprint density at radius 1 is 1.14 bits per heavy atom. The first-order chi connectivity index (χ1) is 6.54. The fraction of sp³-hybridized carbons (Fsp3) is 0.200. The number of aromatic amines is 1. The highest BCUT2D eigenvalue weighted by molar-refractivity contribution is 6.67. The molecule has 0 atom stereocenters. The van der Waals surface area contributed by atoms with Crippen molar-refractivity contribution < 1.29 is 0 Å². The molecule has 0 bridgehead atoms. The van der Waals surface area contributed by atoms with Gasteiger partial charge in [0.05, 0.1) is 0 Å². The van der Waals surface area contributed by atoms with E-state index >= 15 is 0 Å². The third kappa shape index (κ3) is 2.35. The molecule has 0 saturated heterocycles. The maximum absolute atomic E-state index is 5.71. The number of hydrogen-bond acceptors (Lipinski definition) is 0. The number of fused-ring (bicyclic) bond motifs is 1. The van der Waals surface area contributed by atoms with Gasteiger partial charge in [0.2, 0.25) is 0 Å². The molecule has 4 heteroatoms. The summed E-state index contributed by atoms with van der Waals surface area (Å²) in [6.45, 7) is 0. The molecular formula is C10H8Cl3N. The first kappa shape index (κ1) is 10.2. The molecule has 1 N–H and O–H groups in total. The maximum Gasteiger partial charge on any atom is 0.196 e. The van der Waals surface area contributed by atoms with Gasteiger partial charge in [-0.25, -0.2) is 0 Å². The molecule has 0 radical (unpaired) electrons. The lowest BCUT2D eigenvalue weighted by molar-refractivity contribution is 0.979. The lowest BCUT2D eigenvalue weighted by atomic mass is 10.2. The van der Waals surface area contributed by atoms with E-state index in [-0.39, 0.29) is 0 Å². The normalized spacial score (nSPS) is 12.2. The molecule has 0 amide bonds. The zero-order chi connectivity index (χ0) is 10.2. The summed E-state index contributed by atoms with van der Waals surface area (Å²) in [5.41, 5.74) is 2.00. The maximum atomic E-state index is 5.71. The van der Waals surface area contributed by atoms with Crippen LogP contribution in [0.25, 0.3) is 10.9 Å². The van der Waals surface area contributed by atoms with Crippen molar-refractivity contribution in [3.8, 4) is 0 Å². The van der Waals surface area contributed by atoms with E-state index in [1.54, 1.807) is 0 Å². The molecule has 74 valence electrons. The van der Waals surface area contributed by atoms with Crippen molar-refractivity contribution in [1.82, 2.24) is 4.98 Å². The van der Waals surface area contributed by atoms with Gasteiger partial charge in [0, 0.05) is 17.6 Å². The Morgan fingerprint density at radius 2 is 1.86 bits per heavy atom. The van der Waals surface area contributed by atoms with E-state index in [4.69, 9.17) is 34.8 Å². The Balaban J connectivity index is 2.36. The summed E-state index contributed by atoms with van der Waals surface area (Å²) in [5.74, 6) is 0. The molecule has 0 saturated carbocycles. The number of nitrogens with one attached hydrogen (secondary N) is 1. The zero-order valence-corrected chi connectivity index (χ0v) is 9.50. The van der Waals surface area contributed by atoms with E-state index in [0.29, 0.717) is 6.42 Å². The minimum absolute atomic E-state index is 0.395. The first-order valence-corrected chi connectivity index (χ1v) is 5.31. The number of hydrogen-bond donors (Lipinski definition) is 1. The highest BCUT2D eigenvalue weighted by Crippen LogP contribution is 2.31. The van der Waals surface area contributed by atoms with E-state index in [2.05, 4.69) is 4.98 Å². The van der Waals surface area contributed by atoms with Crippen molar-refractivity contribution >= 4 is 45.7 Å². The second-order valence-corrected chi connectivity index (χ2v) is 5.69. The second kappa shape index (κ2) is 3.65. The molecule has 14 heavy (non-hydrogen) atoms. The average Bonchev–Trinajstić information content (AvgIpc) is 2.42. The third-order valence-corrected chi connectivity index (χ3v) is 2.38. The largest absolute Gasteiger partial charge is 0.358 e. The van der Waals surface area contributed by atoms with Gasteiger partial charge in [0.1, 0.15) is 0 Å². The van der Waals surface area contributed by atoms with E-state index in [0.717, 1.165) is 16.6 Å². The molecule has 1 aromatic heterocycles. The number of H-pyrrole nitrogens is 1. The molecule has 1 nitrogen and oxygen atoms in total. The monoisotopic (exact) mass is 247 g/mol. The van der Waals surface area contributed by atoms with E-state index in [9.17, 15) is 0 Å². The summed E-state index contributed by atoms with van der Waals surface area (Å²) < 4.78 is -1.24. The summed E-state index contributed by atoms with van der Waals surface area (Å²) in [5, 5.41) is 1.14. The molecule has 0 fully saturated rings. The van der Waals surface area contributed by atoms with Gasteiger partial charge in [-0.3, -0.25) is 0 Å². The molecule has 2 rings (SSSR count). The topological polar surface area (TPSA) is 15.8 Å². The summed E-state index contributed by atoms with van der Waals surface area (Å²) in [7, 11) is 0. The van der Waals surface area contributed by atoms with Gasteiger partial charge < -0.3 is 4.98 Å². The number of alkyl halides is 3. The van der Waals surface area contributed by atoms with Gasteiger partial charge >= 0.3 is 0 Å². The van der Waals surface area contributed by atoms with Crippen LogP contribution in [0.4, 0.5) is 0 Å². The van der Waals surface area contributed by atoms with Crippen LogP contribution in [-0.2, 0) is 6.42 Å². The van der Waals surface area contributed by atoms with Crippen LogP contribution in [0, 0.1) is 0 Å². The Hall–Kier alpha value is -0.370. The second-order valence-electron chi connectivity index (χ2n) is 3.17. The van der Waals surface area contributed by atoms with Crippen LogP contribution in [0.2, 0.25) is 0 Å². The first-order valence-electron chi connectivity index (χ1n) is 4.18. The summed E-state index contributed by atoms with van der Waals surface area (Å²) in [6.07, 6.45) is 0.395. The standard InChI is InChI=1S/C10H8Cl3N/c11-10(12,13)6-8-5-7-3-1-2-4-9(7)14-8/h1-5,14H,6H2. The quantitative estimate of drug-likeness (QED) is 0.732. The van der Waals surface area contributed by atoms with Crippen LogP contribution in [-0.4, -0.2) is 8.78 Å². The van der Waals surface area contributed by atoms with Crippen molar-refractivity contribution in [2.75, 3.05) is 0 Å². The van der Waals surface area contributed by atoms with Crippen molar-refractivity contribution in [3.05, 3.63) is 36.0 Å². The van der Waals surface area contributed by atoms with Gasteiger partial charge in [-0.05, 0) is 17.5 Å². The molecule has 1 aromatic carbocycles. The van der Waals surface area contributed by atoms with E-state index in [1.807, 2.05) is 30.3 Å². The van der Waals surface area contributed by atoms with Gasteiger partial charge in [0.25, 0.3) is 0 Å². The minimum Gasteiger partial charge on any atom is -0.358 e. The van der Waals surface area contributed by atoms with E-state index in [1.165, 1.54) is 0 Å². The van der Waals surface area contributed by atoms with Gasteiger partial charge in [-0.1, -0.05) is 53.0 Å². The number of halogens is 3. The Bertz CT molecular complexity index is 409. The number of aromatic nitrogens is 1. The van der Waals surface area contributed by atoms with Gasteiger partial charge in [-0.15, -0.1) is 0 Å². The fourth-order valence-corrected chi connectivity index (χ4v) is 1.88. The zero-order valence-electron chi connectivity index (χ0n) is 7.23. The molecule has 0 aliphatic rings. The Labute approximate surface area is 97.0 Å². The van der Waals surface area contributed by atoms with Gasteiger partial charge in [-0.2, -0.15) is 0 Å². The molecule has 0 spiro atoms. The molecule has 0 aliphatic heterocycles. The molecule has 0 aliphatic carbocycles. The van der Waals surface area contributed by atoms with Gasteiger partial charge in [0.15, 0.2) is 3.79 Å². The highest BCUT2D eigenvalue weighted by atomic mass is 35.6. The predicted molar refractivity (Wildman–Crippen MR) is 62.3 cm³/mol. The van der Waals surface area contributed by atoms with Crippen molar-refractivity contribution in [2.45, 2.75) is 10.2 Å². The van der Waals surface area contributed by atoms with Crippen LogP contribution < -0.4 is 0 Å². The molecule has 2 aromatic rings. The summed E-state index contributed by atoms with van der Waals surface area (Å²) in [6, 6.07) is 9.97. The van der Waals surface area contributed by atoms with E-state index < -0.39 is 3.79 Å². The van der Waals surface area contributed by atoms with Crippen LogP contribution in [0.5, 0.6) is 0 Å². The molecule has 0 unspecified atom stereocenters. The number of rotatable bonds is 1. The SMILES string of the molecule is ClC(Cl)(Cl)Cc1cc2ccccc2[nH]1. The third-order valence-electron chi connectivity index (χ3n) is 1.98. The van der Waals surface area contributed by atoms with Crippen LogP contribution in [0.15, 0.2) is 30.3 Å². The number of para-hydroxylation sites is 1. The number of benzene rings is 1. The van der Waals surface area contributed by atoms with Crippen molar-refractivity contribution in [3.63, 3.8) is 0 Å². The summed E-state index contributed by atoms with van der Waals surface area (Å²) in [4.78, 5) is 3.20. The Kier molecular flexibility index (Phi) is 2.65. The minimum atomic E-state index is -1.24. The average molecular weight is 249 g/mol. The predicted octanol–water partition coefficient (Wildman–Crippen LogP) is 4.08. The molecule has 1 heterocycles. The lowest BCUT2D eigenvalue weighted by Gasteiger charge is -2.07. The van der Waals surface area contributed by atoms with Crippen LogP contribution in [0.1, 0.15) is 5.69 Å². The van der Waals surface area contributed by atoms with Crippen molar-refractivity contribution in [1.29, 1.82) is 0 Å².